The summed E-state index contributed by atoms with van der Waals surface area (Å²) in [5.41, 5.74) is 4.54. The Kier molecular flexibility index (Phi) is 3.18. The number of carbonyl (C=O) groups is 1. The fourth-order valence-electron chi connectivity index (χ4n) is 1.05. The van der Waals surface area contributed by atoms with E-state index in [2.05, 4.69) is 4.74 Å². The summed E-state index contributed by atoms with van der Waals surface area (Å²) in [6, 6.07) is 2.25. The van der Waals surface area contributed by atoms with Crippen molar-refractivity contribution >= 4 is 11.5 Å². The van der Waals surface area contributed by atoms with Crippen LogP contribution in [-0.4, -0.2) is 12.4 Å². The minimum atomic E-state index is -3.21. The molecule has 0 aliphatic carbocycles. The predicted octanol–water partition coefficient (Wildman–Crippen LogP) is 2.21. The first-order chi connectivity index (χ1) is 6.93. The highest BCUT2D eigenvalue weighted by Crippen LogP contribution is 2.29. The van der Waals surface area contributed by atoms with Gasteiger partial charge in [0.2, 0.25) is 0 Å². The van der Waals surface area contributed by atoms with E-state index in [4.69, 9.17) is 5.73 Å². The Morgan fingerprint density at radius 1 is 1.47 bits per heavy atom. The number of anilines is 1. The topological polar surface area (TPSA) is 52.3 Å². The van der Waals surface area contributed by atoms with Gasteiger partial charge in [-0.2, -0.15) is 8.78 Å². The third kappa shape index (κ3) is 2.39. The number of halogens is 3. The van der Waals surface area contributed by atoms with Gasteiger partial charge in [-0.05, 0) is 19.1 Å². The van der Waals surface area contributed by atoms with E-state index in [1.54, 1.807) is 0 Å². The average Bonchev–Trinajstić information content (AvgIpc) is 2.12. The molecule has 0 atom stereocenters. The van der Waals surface area contributed by atoms with Gasteiger partial charge in [-0.25, -0.2) is 4.39 Å². The molecule has 2 N–H and O–H groups in total. The maximum atomic E-state index is 13.2. The number of hydrogen-bond acceptors (Lipinski definition) is 3. The van der Waals surface area contributed by atoms with Crippen LogP contribution in [0.15, 0.2) is 12.1 Å². The molecule has 0 spiro atoms. The van der Waals surface area contributed by atoms with Crippen molar-refractivity contribution in [1.82, 2.24) is 0 Å². The van der Waals surface area contributed by atoms with Crippen molar-refractivity contribution in [2.24, 2.45) is 0 Å². The van der Waals surface area contributed by atoms with Gasteiger partial charge in [-0.1, -0.05) is 0 Å². The molecule has 0 radical (unpaired) electrons. The van der Waals surface area contributed by atoms with Gasteiger partial charge in [0.05, 0.1) is 11.3 Å². The minimum absolute atomic E-state index is 0.262. The average molecular weight is 219 g/mol. The third-order valence-electron chi connectivity index (χ3n) is 1.71. The van der Waals surface area contributed by atoms with Crippen LogP contribution in [0.25, 0.3) is 0 Å². The lowest BCUT2D eigenvalue weighted by Gasteiger charge is -2.10. The first-order valence-corrected chi connectivity index (χ1v) is 3.97. The van der Waals surface area contributed by atoms with E-state index in [0.717, 1.165) is 19.1 Å². The van der Waals surface area contributed by atoms with Crippen LogP contribution in [0, 0.1) is 5.82 Å². The summed E-state index contributed by atoms with van der Waals surface area (Å²) in [5.74, 6) is -2.54. The Labute approximate surface area is 83.6 Å². The zero-order chi connectivity index (χ0) is 11.6. The van der Waals surface area contributed by atoms with Crippen molar-refractivity contribution in [2.75, 3.05) is 5.73 Å². The Balaban J connectivity index is 3.28. The summed E-state index contributed by atoms with van der Waals surface area (Å²) < 4.78 is 41.0. The molecule has 0 fully saturated rings. The summed E-state index contributed by atoms with van der Waals surface area (Å²) in [5, 5.41) is 0. The van der Waals surface area contributed by atoms with Gasteiger partial charge in [-0.3, -0.25) is 4.79 Å². The van der Waals surface area contributed by atoms with Crippen molar-refractivity contribution in [3.8, 4) is 5.75 Å². The number of nitrogen functional groups attached to an aromatic ring is 1. The number of nitrogens with two attached hydrogens (primary N) is 1. The molecule has 0 aliphatic heterocycles. The van der Waals surface area contributed by atoms with E-state index in [9.17, 15) is 18.0 Å². The summed E-state index contributed by atoms with van der Waals surface area (Å²) >= 11 is 0. The van der Waals surface area contributed by atoms with Crippen LogP contribution < -0.4 is 10.5 Å². The van der Waals surface area contributed by atoms with Gasteiger partial charge < -0.3 is 10.5 Å². The number of ketones is 1. The van der Waals surface area contributed by atoms with Crippen molar-refractivity contribution in [3.05, 3.63) is 23.5 Å². The lowest BCUT2D eigenvalue weighted by Crippen LogP contribution is -2.09. The monoisotopic (exact) mass is 219 g/mol. The molecule has 1 rings (SSSR count). The zero-order valence-corrected chi connectivity index (χ0v) is 7.76. The molecule has 3 nitrogen and oxygen atoms in total. The predicted molar refractivity (Wildman–Crippen MR) is 47.4 cm³/mol. The van der Waals surface area contributed by atoms with E-state index >= 15 is 0 Å². The minimum Gasteiger partial charge on any atom is -0.431 e. The normalized spacial score (nSPS) is 10.5. The molecular formula is C9H8F3NO2. The molecule has 0 aromatic heterocycles. The maximum Gasteiger partial charge on any atom is 0.387 e. The molecule has 1 aromatic carbocycles. The summed E-state index contributed by atoms with van der Waals surface area (Å²) in [6.45, 7) is -2.09. The number of ether oxygens (including phenoxy) is 1. The van der Waals surface area contributed by atoms with Crippen LogP contribution in [0.3, 0.4) is 0 Å². The highest BCUT2D eigenvalue weighted by molar-refractivity contribution is 5.97. The lowest BCUT2D eigenvalue weighted by atomic mass is 10.1. The maximum absolute atomic E-state index is 13.2. The Bertz CT molecular complexity index is 393. The van der Waals surface area contributed by atoms with Gasteiger partial charge in [0.15, 0.2) is 17.3 Å². The molecule has 0 saturated carbocycles. The molecule has 0 saturated heterocycles. The SMILES string of the molecule is CC(=O)c1ccc(N)c(F)c1OC(F)F. The van der Waals surface area contributed by atoms with E-state index < -0.39 is 24.0 Å². The first kappa shape index (κ1) is 11.4. The molecule has 0 aliphatic rings. The number of hydrogen-bond donors (Lipinski definition) is 1. The van der Waals surface area contributed by atoms with E-state index in [1.165, 1.54) is 0 Å². The second-order valence-corrected chi connectivity index (χ2v) is 2.78. The number of benzene rings is 1. The van der Waals surface area contributed by atoms with E-state index in [0.29, 0.717) is 0 Å². The molecular weight excluding hydrogens is 211 g/mol. The summed E-state index contributed by atoms with van der Waals surface area (Å²) in [7, 11) is 0. The summed E-state index contributed by atoms with van der Waals surface area (Å²) in [6.07, 6.45) is 0. The van der Waals surface area contributed by atoms with Crippen LogP contribution in [0.1, 0.15) is 17.3 Å². The van der Waals surface area contributed by atoms with Gasteiger partial charge in [0, 0.05) is 0 Å². The van der Waals surface area contributed by atoms with Crippen molar-refractivity contribution in [3.63, 3.8) is 0 Å². The summed E-state index contributed by atoms with van der Waals surface area (Å²) in [4.78, 5) is 11.0. The third-order valence-corrected chi connectivity index (χ3v) is 1.71. The molecule has 15 heavy (non-hydrogen) atoms. The van der Waals surface area contributed by atoms with Crippen molar-refractivity contribution < 1.29 is 22.7 Å². The lowest BCUT2D eigenvalue weighted by molar-refractivity contribution is -0.0523. The standard InChI is InChI=1S/C9H8F3NO2/c1-4(14)5-2-3-6(13)7(10)8(5)15-9(11)12/h2-3,9H,13H2,1H3. The second kappa shape index (κ2) is 4.20. The molecule has 0 unspecified atom stereocenters. The largest absolute Gasteiger partial charge is 0.431 e. The van der Waals surface area contributed by atoms with Crippen LogP contribution in [0.4, 0.5) is 18.9 Å². The number of rotatable bonds is 3. The quantitative estimate of drug-likeness (QED) is 0.626. The fraction of sp³-hybridized carbons (Fsp3) is 0.222. The van der Waals surface area contributed by atoms with E-state index in [1.807, 2.05) is 0 Å². The smallest absolute Gasteiger partial charge is 0.387 e. The highest BCUT2D eigenvalue weighted by atomic mass is 19.3. The Hall–Kier alpha value is -1.72. The molecule has 1 aromatic rings. The Morgan fingerprint density at radius 2 is 2.07 bits per heavy atom. The van der Waals surface area contributed by atoms with Gasteiger partial charge in [0.25, 0.3) is 0 Å². The molecule has 6 heteroatoms. The highest BCUT2D eigenvalue weighted by Gasteiger charge is 2.19. The van der Waals surface area contributed by atoms with Gasteiger partial charge >= 0.3 is 6.61 Å². The molecule has 0 amide bonds. The van der Waals surface area contributed by atoms with Gasteiger partial charge in [0.1, 0.15) is 0 Å². The number of alkyl halides is 2. The van der Waals surface area contributed by atoms with Crippen LogP contribution >= 0.6 is 0 Å². The van der Waals surface area contributed by atoms with E-state index in [-0.39, 0.29) is 11.3 Å². The van der Waals surface area contributed by atoms with Gasteiger partial charge in [-0.15, -0.1) is 0 Å². The van der Waals surface area contributed by atoms with Crippen LogP contribution in [0.5, 0.6) is 5.75 Å². The Morgan fingerprint density at radius 3 is 2.53 bits per heavy atom. The van der Waals surface area contributed by atoms with Crippen molar-refractivity contribution in [2.45, 2.75) is 13.5 Å². The van der Waals surface area contributed by atoms with Crippen LogP contribution in [0.2, 0.25) is 0 Å². The zero-order valence-electron chi connectivity index (χ0n) is 7.76. The second-order valence-electron chi connectivity index (χ2n) is 2.78. The molecule has 82 valence electrons. The molecule has 0 bridgehead atoms. The fourth-order valence-corrected chi connectivity index (χ4v) is 1.05. The van der Waals surface area contributed by atoms with Crippen molar-refractivity contribution in [1.29, 1.82) is 0 Å². The number of Topliss-reactive ketones (excluding diaryl/α,β-unsaturated/α-hetero) is 1. The molecule has 0 heterocycles. The number of carbonyl (C=O) groups excluding carboxylic acids is 1. The van der Waals surface area contributed by atoms with Crippen LogP contribution in [-0.2, 0) is 0 Å². The first-order valence-electron chi connectivity index (χ1n) is 3.97.